The molecule has 10 aromatic rings. The molecule has 18 amide bonds. The number of Topliss-reactive ketones (excluding diaryl/α,β-unsaturated/α-hetero) is 2. The molecular weight excluding hydrogens is 1860 g/mol. The highest BCUT2D eigenvalue weighted by molar-refractivity contribution is 8.14. The van der Waals surface area contributed by atoms with E-state index in [4.69, 9.17) is 0 Å². The minimum absolute atomic E-state index is 0.00658. The minimum Gasteiger partial charge on any atom is -0.361 e. The fraction of sp³-hybridized carbons (Fsp3) is 0.232. The number of hydrazine groups is 6. The molecule has 35 nitrogen and oxygen atoms in total. The van der Waals surface area contributed by atoms with Crippen molar-refractivity contribution in [2.75, 3.05) is 54.7 Å². The van der Waals surface area contributed by atoms with Gasteiger partial charge in [-0.3, -0.25) is 95.9 Å². The number of nitrogens with one attached hydrogen (secondary N) is 1. The summed E-state index contributed by atoms with van der Waals surface area (Å²) >= 11 is 6.16. The van der Waals surface area contributed by atoms with Crippen LogP contribution >= 0.6 is 70.6 Å². The molecule has 8 heterocycles. The van der Waals surface area contributed by atoms with E-state index < -0.39 is 81.4 Å². The summed E-state index contributed by atoms with van der Waals surface area (Å²) in [5.41, 5.74) is 6.96. The highest BCUT2D eigenvalue weighted by atomic mass is 32.2. The lowest BCUT2D eigenvalue weighted by Gasteiger charge is -2.29. The quantitative estimate of drug-likeness (QED) is 0.0581. The molecule has 0 unspecified atom stereocenters. The molecule has 0 saturated heterocycles. The zero-order chi connectivity index (χ0) is 98.5. The van der Waals surface area contributed by atoms with Crippen molar-refractivity contribution in [1.29, 1.82) is 0 Å². The van der Waals surface area contributed by atoms with Crippen LogP contribution in [0.5, 0.6) is 0 Å². The smallest absolute Gasteiger partial charge is 0.301 e. The van der Waals surface area contributed by atoms with Crippen molar-refractivity contribution in [3.8, 4) is 0 Å². The van der Waals surface area contributed by atoms with E-state index in [0.717, 1.165) is 143 Å². The lowest BCUT2D eigenvalue weighted by Crippen LogP contribution is -2.50. The number of hydrogen-bond donors (Lipinski definition) is 1. The Labute approximate surface area is 806 Å². The average Bonchev–Trinajstić information content (AvgIpc) is 1.62. The molecule has 41 heteroatoms. The maximum absolute atomic E-state index is 12.8. The molecule has 1 N–H and O–H groups in total. The first-order valence-electron chi connectivity index (χ1n) is 42.3. The predicted molar refractivity (Wildman–Crippen MR) is 515 cm³/mol. The first-order valence-corrected chi connectivity index (χ1v) is 48.2. The Bertz CT molecular complexity index is 6200. The van der Waals surface area contributed by atoms with Crippen LogP contribution in [0.1, 0.15) is 203 Å². The zero-order valence-electron chi connectivity index (χ0n) is 75.1. The SMILES string of the molecule is CCSC(=O)N(C)N1C(=O)c2ccccc2C1=O.CCSC(=O)N(CC(C)=O)N1C(=O)c2ccccc2C1=O.CCSC(=O)N(CCC(C)=O)N1C(=O)c2ccccc2C1=O.CCSC(=O)N(Cc1c[nH]c2ccccc12)N1C(=O)c2ccccc2C1=O.CCSC(=O)N(Cc1ccccc1)N1C(=O)c2ccccc2C1=O.CCSC(=O)N(Cc1cncn1C)N1C(=O)c2ccccc2C1=O. The number of benzene rings is 8. The Kier molecular flexibility index (Phi) is 35.3. The zero-order valence-corrected chi connectivity index (χ0v) is 80.0. The number of H-pyrrole nitrogens is 1. The third-order valence-corrected chi connectivity index (χ3v) is 25.0. The number of aromatic nitrogens is 3. The van der Waals surface area contributed by atoms with Gasteiger partial charge in [0.05, 0.1) is 111 Å². The van der Waals surface area contributed by atoms with Gasteiger partial charge in [0.15, 0.2) is 5.78 Å². The molecule has 0 radical (unpaired) electrons. The first-order chi connectivity index (χ1) is 65.3. The number of ketones is 2. The number of aromatic amines is 1. The van der Waals surface area contributed by atoms with Gasteiger partial charge in [-0.15, -0.1) is 0 Å². The van der Waals surface area contributed by atoms with Crippen LogP contribution in [0.25, 0.3) is 10.9 Å². The Morgan fingerprint density at radius 1 is 0.316 bits per heavy atom. The molecule has 0 saturated carbocycles. The summed E-state index contributed by atoms with van der Waals surface area (Å²) in [6.45, 7) is 13.7. The molecule has 0 bridgehead atoms. The number of nitrogens with zero attached hydrogens (tertiary/aromatic N) is 14. The van der Waals surface area contributed by atoms with Crippen LogP contribution in [0.2, 0.25) is 0 Å². The van der Waals surface area contributed by atoms with Crippen molar-refractivity contribution in [1.82, 2.24) is 74.6 Å². The molecule has 6 aliphatic rings. The van der Waals surface area contributed by atoms with Crippen LogP contribution in [-0.4, -0.2) is 243 Å². The Morgan fingerprint density at radius 2 is 0.588 bits per heavy atom. The van der Waals surface area contributed by atoms with Gasteiger partial charge in [0.25, 0.3) is 76.1 Å². The second-order valence-corrected chi connectivity index (χ2v) is 36.7. The molecule has 2 aromatic heterocycles. The van der Waals surface area contributed by atoms with E-state index >= 15 is 0 Å². The van der Waals surface area contributed by atoms with Crippen LogP contribution in [0, 0.1) is 0 Å². The molecule has 0 aliphatic carbocycles. The lowest BCUT2D eigenvalue weighted by atomic mass is 10.1. The van der Waals surface area contributed by atoms with Gasteiger partial charge in [-0.05, 0) is 138 Å². The van der Waals surface area contributed by atoms with E-state index in [0.29, 0.717) is 79.0 Å². The number of hydrogen-bond acceptors (Lipinski definition) is 27. The molecule has 8 aromatic carbocycles. The van der Waals surface area contributed by atoms with Crippen LogP contribution in [0.3, 0.4) is 0 Å². The van der Waals surface area contributed by atoms with Gasteiger partial charge in [0, 0.05) is 37.6 Å². The summed E-state index contributed by atoms with van der Waals surface area (Å²) < 4.78 is 1.75. The molecule has 0 fully saturated rings. The van der Waals surface area contributed by atoms with E-state index in [-0.39, 0.29) is 93.9 Å². The van der Waals surface area contributed by atoms with Crippen molar-refractivity contribution >= 4 is 195 Å². The monoisotopic (exact) mass is 1950 g/mol. The van der Waals surface area contributed by atoms with Gasteiger partial charge in [0.2, 0.25) is 0 Å². The van der Waals surface area contributed by atoms with Crippen LogP contribution in [0.15, 0.2) is 219 Å². The highest BCUT2D eigenvalue weighted by Gasteiger charge is 2.48. The number of thioether (sulfide) groups is 6. The van der Waals surface area contributed by atoms with Gasteiger partial charge < -0.3 is 9.55 Å². The number of para-hydroxylation sites is 1. The summed E-state index contributed by atoms with van der Waals surface area (Å²) in [7, 11) is 3.22. The van der Waals surface area contributed by atoms with Gasteiger partial charge in [-0.2, -0.15) is 30.1 Å². The normalized spacial score (nSPS) is 13.3. The van der Waals surface area contributed by atoms with Crippen molar-refractivity contribution in [2.24, 2.45) is 7.05 Å². The summed E-state index contributed by atoms with van der Waals surface area (Å²) in [5.74, 6) is -3.16. The highest BCUT2D eigenvalue weighted by Crippen LogP contribution is 2.35. The van der Waals surface area contributed by atoms with E-state index in [9.17, 15) is 95.9 Å². The van der Waals surface area contributed by atoms with E-state index in [1.165, 1.54) is 48.1 Å². The average molecular weight is 1960 g/mol. The molecule has 16 rings (SSSR count). The minimum atomic E-state index is -0.582. The molecule has 0 spiro atoms. The lowest BCUT2D eigenvalue weighted by molar-refractivity contribution is -0.119. The standard InChI is InChI=1S/C20H17N3O3S.C18H16N2O3S.C16H16N4O3S.C15H16N2O4S.C14H14N2O4S.C12H12N2O3S/c1-2-27-20(26)22(12-13-11-21-17-10-6-5-7-14(13)17)23-18(24)15-8-3-4-9-16(15)19(23)25;1-2-24-18(23)19(12-13-8-4-3-5-9-13)20-16(21)14-10-6-7-11-15(14)17(20)22;1-3-24-16(23)19(9-11-8-17-10-18(11)2)20-14(21)12-6-4-5-7-13(12)15(20)22;1-3-22-15(21)16(9-8-10(2)18)17-13(19)11-6-4-5-7-12(11)14(17)20;1-3-21-14(20)15(8-9(2)17)16-12(18)10-6-4-5-7-11(10)13(16)19;1-3-18-12(17)13(2)14-10(15)8-6-4-5-7-9(8)11(14)16/h3-11,21H,2,12H2,1H3;3-11H,2,12H2,1H3;4-8,10H,3,9H2,1-2H3;4-7H,3,8-9H2,1-2H3;4-7H,3,8H2,1-2H3;4-7H,3H2,1-2H3. The number of carbonyl (C=O) groups is 20. The summed E-state index contributed by atoms with van der Waals surface area (Å²) in [6.07, 6.45) is 5.10. The van der Waals surface area contributed by atoms with Crippen molar-refractivity contribution in [3.05, 3.63) is 302 Å². The van der Waals surface area contributed by atoms with Gasteiger partial charge >= 0.3 is 26.2 Å². The second kappa shape index (κ2) is 47.0. The van der Waals surface area contributed by atoms with E-state index in [1.807, 2.05) is 82.3 Å². The van der Waals surface area contributed by atoms with Gasteiger partial charge in [-0.25, -0.2) is 35.0 Å². The molecule has 136 heavy (non-hydrogen) atoms. The van der Waals surface area contributed by atoms with Crippen LogP contribution in [-0.2, 0) is 36.3 Å². The van der Waals surface area contributed by atoms with E-state index in [2.05, 4.69) is 9.97 Å². The van der Waals surface area contributed by atoms with Crippen LogP contribution < -0.4 is 0 Å². The van der Waals surface area contributed by atoms with E-state index in [1.54, 1.807) is 178 Å². The third kappa shape index (κ3) is 22.6. The van der Waals surface area contributed by atoms with Gasteiger partial charge in [-0.1, -0.05) is 233 Å². The number of fused-ring (bicyclic) bond motifs is 7. The fourth-order valence-electron chi connectivity index (χ4n) is 14.2. The number of aryl methyl sites for hydroxylation is 1. The Balaban J connectivity index is 0.000000157. The Hall–Kier alpha value is -14.4. The topological polar surface area (TPSA) is 414 Å². The molecule has 0 atom stereocenters. The maximum atomic E-state index is 12.8. The number of rotatable bonds is 23. The number of amides is 18. The number of imidazole rings is 1. The maximum Gasteiger partial charge on any atom is 0.301 e. The molecule has 6 aliphatic heterocycles. The second-order valence-electron chi connectivity index (χ2n) is 29.4. The number of carbonyl (C=O) groups excluding carboxylic acids is 20. The Morgan fingerprint density at radius 3 is 0.904 bits per heavy atom. The van der Waals surface area contributed by atoms with Crippen molar-refractivity contribution < 1.29 is 95.9 Å². The summed E-state index contributed by atoms with van der Waals surface area (Å²) in [5, 5.41) is 10.8. The molecule has 702 valence electrons. The molecular formula is C95H91N15O20S6. The van der Waals surface area contributed by atoms with Crippen molar-refractivity contribution in [3.63, 3.8) is 0 Å². The van der Waals surface area contributed by atoms with Crippen molar-refractivity contribution in [2.45, 2.75) is 81.4 Å². The van der Waals surface area contributed by atoms with Gasteiger partial charge in [0.1, 0.15) is 12.3 Å². The fourth-order valence-corrected chi connectivity index (χ4v) is 17.5. The first kappa shape index (κ1) is 102. The number of imide groups is 6. The predicted octanol–water partition coefficient (Wildman–Crippen LogP) is 16.2. The largest absolute Gasteiger partial charge is 0.361 e. The summed E-state index contributed by atoms with van der Waals surface area (Å²) in [6, 6.07) is 56.2. The summed E-state index contributed by atoms with van der Waals surface area (Å²) in [4.78, 5) is 253. The third-order valence-electron chi connectivity index (χ3n) is 20.5. The van der Waals surface area contributed by atoms with Crippen LogP contribution in [0.4, 0.5) is 28.8 Å².